The van der Waals surface area contributed by atoms with Gasteiger partial charge in [-0.2, -0.15) is 0 Å². The molecule has 12 heteroatoms. The van der Waals surface area contributed by atoms with Crippen molar-refractivity contribution in [3.63, 3.8) is 0 Å². The molecule has 10 aromatic carbocycles. The third-order valence-corrected chi connectivity index (χ3v) is 16.8. The minimum atomic E-state index is -0.564. The molecule has 18 rings (SSSR count). The predicted molar refractivity (Wildman–Crippen MR) is 326 cm³/mol. The number of hydrogen-bond acceptors (Lipinski definition) is 10. The fourth-order valence-electron chi connectivity index (χ4n) is 13.3. The smallest absolute Gasteiger partial charge is 0.182 e. The maximum absolute atomic E-state index is 6.50. The molecule has 0 radical (unpaired) electrons. The van der Waals surface area contributed by atoms with Crippen LogP contribution in [0.3, 0.4) is 0 Å². The van der Waals surface area contributed by atoms with Crippen LogP contribution in [0.4, 0.5) is 34.1 Å². The van der Waals surface area contributed by atoms with Gasteiger partial charge in [-0.15, -0.1) is 0 Å². The Labute approximate surface area is 474 Å². The largest absolute Gasteiger partial charge is 0.453 e. The van der Waals surface area contributed by atoms with Crippen molar-refractivity contribution in [1.82, 2.24) is 34.1 Å². The Morgan fingerprint density at radius 1 is 0.398 bits per heavy atom. The number of hydrogen-bond donors (Lipinski definition) is 0. The predicted octanol–water partition coefficient (Wildman–Crippen LogP) is 18.0. The van der Waals surface area contributed by atoms with Crippen molar-refractivity contribution in [2.75, 3.05) is 9.80 Å². The van der Waals surface area contributed by atoms with Gasteiger partial charge in [0, 0.05) is 57.1 Å². The second-order valence-electron chi connectivity index (χ2n) is 21.2. The van der Waals surface area contributed by atoms with Gasteiger partial charge in [-0.1, -0.05) is 146 Å². The van der Waals surface area contributed by atoms with Gasteiger partial charge in [-0.05, 0) is 101 Å². The fourth-order valence-corrected chi connectivity index (χ4v) is 13.3. The summed E-state index contributed by atoms with van der Waals surface area (Å²) >= 11 is 0. The number of ether oxygens (including phenoxy) is 2. The van der Waals surface area contributed by atoms with Gasteiger partial charge in [0.25, 0.3) is 0 Å². The molecule has 0 spiro atoms. The molecule has 0 aliphatic carbocycles. The maximum atomic E-state index is 6.50. The van der Waals surface area contributed by atoms with Crippen molar-refractivity contribution in [3.05, 3.63) is 261 Å². The Kier molecular flexibility index (Phi) is 9.63. The molecule has 3 aliphatic rings. The first-order chi connectivity index (χ1) is 41.2. The lowest BCUT2D eigenvalue weighted by Crippen LogP contribution is -2.26. The van der Waals surface area contributed by atoms with E-state index < -0.39 is 12.1 Å². The third kappa shape index (κ3) is 6.65. The maximum Gasteiger partial charge on any atom is 0.182 e. The zero-order chi connectivity index (χ0) is 54.3. The second kappa shape index (κ2) is 17.6. The zero-order valence-corrected chi connectivity index (χ0v) is 44.1. The highest BCUT2D eigenvalue weighted by Gasteiger charge is 2.40. The minimum absolute atomic E-state index is 0.407. The van der Waals surface area contributed by atoms with Gasteiger partial charge in [0.15, 0.2) is 46.3 Å². The van der Waals surface area contributed by atoms with Crippen LogP contribution in [0.1, 0.15) is 23.2 Å². The quantitative estimate of drug-likeness (QED) is 0.153. The Hall–Kier alpha value is -11.4. The number of fused-ring (bicyclic) bond motifs is 12. The number of nitrogens with zero attached hydrogens (tertiary/aromatic N) is 9. The zero-order valence-electron chi connectivity index (χ0n) is 44.1. The summed E-state index contributed by atoms with van der Waals surface area (Å²) < 4.78 is 23.7. The third-order valence-electron chi connectivity index (χ3n) is 16.8. The van der Waals surface area contributed by atoms with Crippen molar-refractivity contribution < 1.29 is 13.9 Å². The Morgan fingerprint density at radius 2 is 0.928 bits per heavy atom. The SMILES string of the molecule is c1ccc(-c2ccc3c4c2c2nccnc2n4C(C(c2ccc(N4c5ccccc5Oc5ccccc54)cc2)c2ccc(N4c5ccccc5Oc5ccccc54)cc2)n2c4ncc(-c5cccc6ocnc56)nc4c4cccc-3c42)cc1. The summed E-state index contributed by atoms with van der Waals surface area (Å²) in [7, 11) is 0. The van der Waals surface area contributed by atoms with Crippen LogP contribution in [-0.4, -0.2) is 34.1 Å². The molecule has 83 heavy (non-hydrogen) atoms. The van der Waals surface area contributed by atoms with Crippen molar-refractivity contribution in [3.8, 4) is 56.5 Å². The summed E-state index contributed by atoms with van der Waals surface area (Å²) in [5.74, 6) is 2.76. The molecule has 15 aromatic rings. The minimum Gasteiger partial charge on any atom is -0.453 e. The van der Waals surface area contributed by atoms with E-state index in [1.54, 1.807) is 0 Å². The molecular formula is C71H43N9O3. The Morgan fingerprint density at radius 3 is 1.57 bits per heavy atom. The molecule has 12 nitrogen and oxygen atoms in total. The van der Waals surface area contributed by atoms with Crippen LogP contribution in [-0.2, 0) is 0 Å². The molecule has 0 bridgehead atoms. The lowest BCUT2D eigenvalue weighted by Gasteiger charge is -2.35. The molecule has 1 unspecified atom stereocenters. The lowest BCUT2D eigenvalue weighted by atomic mass is 9.87. The van der Waals surface area contributed by atoms with E-state index in [2.05, 4.69) is 182 Å². The van der Waals surface area contributed by atoms with E-state index in [-0.39, 0.29) is 0 Å². The summed E-state index contributed by atoms with van der Waals surface area (Å²) in [6, 6.07) is 78.7. The number of rotatable bonds is 7. The molecule has 8 heterocycles. The van der Waals surface area contributed by atoms with Crippen molar-refractivity contribution >= 4 is 89.4 Å². The van der Waals surface area contributed by atoms with E-state index >= 15 is 0 Å². The van der Waals surface area contributed by atoms with Gasteiger partial charge in [0.2, 0.25) is 0 Å². The summed E-state index contributed by atoms with van der Waals surface area (Å²) in [6.07, 6.45) is 6.43. The van der Waals surface area contributed by atoms with E-state index in [1.165, 1.54) is 6.39 Å². The van der Waals surface area contributed by atoms with Gasteiger partial charge >= 0.3 is 0 Å². The van der Waals surface area contributed by atoms with Gasteiger partial charge in [-0.3, -0.25) is 4.98 Å². The van der Waals surface area contributed by atoms with Crippen molar-refractivity contribution in [1.29, 1.82) is 0 Å². The molecule has 3 aliphatic heterocycles. The number of anilines is 6. The fraction of sp³-hybridized carbons (Fsp3) is 0.0282. The summed E-state index contributed by atoms with van der Waals surface area (Å²) in [6.45, 7) is 0. The monoisotopic (exact) mass is 1070 g/mol. The first kappa shape index (κ1) is 45.5. The van der Waals surface area contributed by atoms with Gasteiger partial charge < -0.3 is 32.8 Å². The molecule has 5 aromatic heterocycles. The van der Waals surface area contributed by atoms with Crippen LogP contribution in [0.25, 0.3) is 88.7 Å². The Bertz CT molecular complexity index is 4920. The van der Waals surface area contributed by atoms with Crippen LogP contribution in [0.15, 0.2) is 254 Å². The molecule has 1 atom stereocenters. The van der Waals surface area contributed by atoms with Gasteiger partial charge in [0.05, 0.1) is 45.7 Å². The molecule has 0 saturated carbocycles. The van der Waals surface area contributed by atoms with E-state index in [9.17, 15) is 0 Å². The van der Waals surface area contributed by atoms with E-state index in [4.69, 9.17) is 33.8 Å². The van der Waals surface area contributed by atoms with Crippen LogP contribution >= 0.6 is 0 Å². The van der Waals surface area contributed by atoms with Crippen molar-refractivity contribution in [2.45, 2.75) is 12.1 Å². The normalized spacial score (nSPS) is 13.9. The second-order valence-corrected chi connectivity index (χ2v) is 21.2. The van der Waals surface area contributed by atoms with Gasteiger partial charge in [-0.25, -0.2) is 19.9 Å². The molecule has 0 N–H and O–H groups in total. The van der Waals surface area contributed by atoms with Crippen LogP contribution in [0.2, 0.25) is 0 Å². The highest BCUT2D eigenvalue weighted by molar-refractivity contribution is 6.20. The topological polar surface area (TPSA) is 112 Å². The molecule has 0 fully saturated rings. The van der Waals surface area contributed by atoms with E-state index in [0.29, 0.717) is 11.3 Å². The number of aromatic nitrogens is 7. The highest BCUT2D eigenvalue weighted by atomic mass is 16.5. The number of oxazole rings is 1. The standard InChI is InChI=1S/C71H43N9O3/c1-2-14-42(15-3-1)47-36-37-49-48-16-12-18-51-65-69(74-40-52(76-65)50-17-13-27-61-64(50)75-41-81-61)79(67(48)51)71(80-68(49)63(47)66-70(80)73-39-38-72-66)62(43-28-32-45(33-29-43)77-53-19-4-8-23-57(53)82-58-24-9-5-20-54(58)77)44-30-34-46(35-31-44)78-55-21-6-10-25-59(55)83-60-26-11-7-22-56(60)78/h1-41,62,71H. The molecule has 0 saturated heterocycles. The molecule has 390 valence electrons. The van der Waals surface area contributed by atoms with E-state index in [0.717, 1.165) is 146 Å². The summed E-state index contributed by atoms with van der Waals surface area (Å²) in [5, 5.41) is 2.01. The first-order valence-corrected chi connectivity index (χ1v) is 27.7. The van der Waals surface area contributed by atoms with Crippen LogP contribution < -0.4 is 19.3 Å². The lowest BCUT2D eigenvalue weighted by molar-refractivity contribution is 0.425. The average molecular weight is 1070 g/mol. The summed E-state index contributed by atoms with van der Waals surface area (Å²) in [5.41, 5.74) is 20.3. The molecule has 0 amide bonds. The Balaban J connectivity index is 0.930. The summed E-state index contributed by atoms with van der Waals surface area (Å²) in [4.78, 5) is 31.0. The van der Waals surface area contributed by atoms with Gasteiger partial charge in [0.1, 0.15) is 22.7 Å². The van der Waals surface area contributed by atoms with E-state index in [1.807, 2.05) is 85.3 Å². The van der Waals surface area contributed by atoms with Crippen LogP contribution in [0, 0.1) is 0 Å². The first-order valence-electron chi connectivity index (χ1n) is 27.7. The average Bonchev–Trinajstić information content (AvgIpc) is 2.50. The molecular weight excluding hydrogens is 1030 g/mol. The van der Waals surface area contributed by atoms with Crippen molar-refractivity contribution in [2.24, 2.45) is 0 Å². The van der Waals surface area contributed by atoms with Crippen LogP contribution in [0.5, 0.6) is 23.0 Å². The highest BCUT2D eigenvalue weighted by Crippen LogP contribution is 2.56. The number of benzene rings is 10. The number of para-hydroxylation sites is 10.